The van der Waals surface area contributed by atoms with E-state index in [1.54, 1.807) is 25.3 Å². The molecule has 1 amide bonds. The standard InChI is InChI=1S/C13H15ClN2O2/c1-3-7-16-13(17)6-8-15-11-9-10(14)4-5-12(11)18-2/h1,4-5,9,15H,6-8H2,2H3,(H,16,17). The molecular weight excluding hydrogens is 252 g/mol. The van der Waals surface area contributed by atoms with E-state index in [0.29, 0.717) is 23.7 Å². The maximum absolute atomic E-state index is 11.3. The smallest absolute Gasteiger partial charge is 0.222 e. The summed E-state index contributed by atoms with van der Waals surface area (Å²) in [6.45, 7) is 0.729. The molecule has 0 fully saturated rings. The fourth-order valence-corrected chi connectivity index (χ4v) is 1.54. The molecule has 0 aliphatic heterocycles. The third-order valence-electron chi connectivity index (χ3n) is 2.22. The van der Waals surface area contributed by atoms with Crippen molar-refractivity contribution in [2.24, 2.45) is 0 Å². The summed E-state index contributed by atoms with van der Waals surface area (Å²) in [7, 11) is 1.58. The zero-order valence-corrected chi connectivity index (χ0v) is 10.9. The van der Waals surface area contributed by atoms with Crippen molar-refractivity contribution in [3.63, 3.8) is 0 Å². The highest BCUT2D eigenvalue weighted by Crippen LogP contribution is 2.27. The van der Waals surface area contributed by atoms with Crippen LogP contribution in [0.4, 0.5) is 5.69 Å². The lowest BCUT2D eigenvalue weighted by atomic mass is 10.2. The van der Waals surface area contributed by atoms with Crippen LogP contribution in [0, 0.1) is 12.3 Å². The van der Waals surface area contributed by atoms with Crippen LogP contribution in [0.2, 0.25) is 5.02 Å². The van der Waals surface area contributed by atoms with E-state index in [-0.39, 0.29) is 12.5 Å². The number of carbonyl (C=O) groups excluding carboxylic acids is 1. The van der Waals surface area contributed by atoms with Crippen LogP contribution < -0.4 is 15.4 Å². The summed E-state index contributed by atoms with van der Waals surface area (Å²) in [5, 5.41) is 6.28. The minimum absolute atomic E-state index is 0.0959. The lowest BCUT2D eigenvalue weighted by molar-refractivity contribution is -0.120. The molecule has 0 aromatic heterocycles. The van der Waals surface area contributed by atoms with E-state index in [1.807, 2.05) is 0 Å². The van der Waals surface area contributed by atoms with Crippen LogP contribution in [0.5, 0.6) is 5.75 Å². The topological polar surface area (TPSA) is 50.4 Å². The second-order valence-electron chi connectivity index (χ2n) is 3.50. The van der Waals surface area contributed by atoms with Gasteiger partial charge in [0.15, 0.2) is 0 Å². The fraction of sp³-hybridized carbons (Fsp3) is 0.308. The maximum atomic E-state index is 11.3. The van der Waals surface area contributed by atoms with E-state index in [0.717, 1.165) is 5.69 Å². The van der Waals surface area contributed by atoms with E-state index >= 15 is 0 Å². The summed E-state index contributed by atoms with van der Waals surface area (Å²) < 4.78 is 5.17. The molecule has 1 rings (SSSR count). The Balaban J connectivity index is 2.46. The molecule has 0 spiro atoms. The molecule has 2 N–H and O–H groups in total. The van der Waals surface area contributed by atoms with Gasteiger partial charge in [0.1, 0.15) is 5.75 Å². The number of ether oxygens (including phenoxy) is 1. The van der Waals surface area contributed by atoms with Crippen LogP contribution in [0.25, 0.3) is 0 Å². The van der Waals surface area contributed by atoms with Crippen molar-refractivity contribution in [1.29, 1.82) is 0 Å². The maximum Gasteiger partial charge on any atom is 0.222 e. The van der Waals surface area contributed by atoms with Gasteiger partial charge in [-0.05, 0) is 18.2 Å². The molecule has 1 aromatic carbocycles. The van der Waals surface area contributed by atoms with Crippen molar-refractivity contribution in [2.75, 3.05) is 25.5 Å². The Morgan fingerprint density at radius 3 is 3.00 bits per heavy atom. The third-order valence-corrected chi connectivity index (χ3v) is 2.45. The molecule has 0 bridgehead atoms. The monoisotopic (exact) mass is 266 g/mol. The zero-order valence-electron chi connectivity index (χ0n) is 10.1. The molecule has 1 aromatic rings. The van der Waals surface area contributed by atoms with E-state index in [4.69, 9.17) is 22.8 Å². The number of anilines is 1. The number of halogens is 1. The minimum atomic E-state index is -0.0959. The number of hydrogen-bond acceptors (Lipinski definition) is 3. The summed E-state index contributed by atoms with van der Waals surface area (Å²) in [6.07, 6.45) is 5.37. The lowest BCUT2D eigenvalue weighted by Crippen LogP contribution is -2.25. The highest BCUT2D eigenvalue weighted by atomic mass is 35.5. The largest absolute Gasteiger partial charge is 0.495 e. The molecule has 0 aliphatic carbocycles. The SMILES string of the molecule is C#CCNC(=O)CCNc1cc(Cl)ccc1OC. The first-order valence-electron chi connectivity index (χ1n) is 5.45. The normalized spacial score (nSPS) is 9.39. The quantitative estimate of drug-likeness (QED) is 0.774. The molecule has 0 heterocycles. The molecule has 0 radical (unpaired) electrons. The Bertz CT molecular complexity index is 455. The molecule has 0 aliphatic rings. The predicted octanol–water partition coefficient (Wildman–Crippen LogP) is 1.90. The summed E-state index contributed by atoms with van der Waals surface area (Å²) in [5.74, 6) is 2.93. The van der Waals surface area contributed by atoms with Gasteiger partial charge in [0, 0.05) is 18.0 Å². The molecule has 0 unspecified atom stereocenters. The lowest BCUT2D eigenvalue weighted by Gasteiger charge is -2.11. The second-order valence-corrected chi connectivity index (χ2v) is 3.94. The molecule has 4 nitrogen and oxygen atoms in total. The number of nitrogens with one attached hydrogen (secondary N) is 2. The highest BCUT2D eigenvalue weighted by molar-refractivity contribution is 6.30. The number of terminal acetylenes is 1. The summed E-state index contributed by atoms with van der Waals surface area (Å²) >= 11 is 5.89. The van der Waals surface area contributed by atoms with Crippen LogP contribution >= 0.6 is 11.6 Å². The molecule has 18 heavy (non-hydrogen) atoms. The molecule has 0 saturated carbocycles. The van der Waals surface area contributed by atoms with Crippen molar-refractivity contribution in [1.82, 2.24) is 5.32 Å². The molecule has 0 atom stereocenters. The van der Waals surface area contributed by atoms with Crippen molar-refractivity contribution in [2.45, 2.75) is 6.42 Å². The fourth-order valence-electron chi connectivity index (χ4n) is 1.37. The number of amides is 1. The Morgan fingerprint density at radius 2 is 2.33 bits per heavy atom. The zero-order chi connectivity index (χ0) is 13.4. The van der Waals surface area contributed by atoms with Gasteiger partial charge in [-0.1, -0.05) is 17.5 Å². The summed E-state index contributed by atoms with van der Waals surface area (Å²) in [6, 6.07) is 5.26. The van der Waals surface area contributed by atoms with E-state index < -0.39 is 0 Å². The Hall–Kier alpha value is -1.86. The van der Waals surface area contributed by atoms with Crippen LogP contribution in [0.15, 0.2) is 18.2 Å². The van der Waals surface area contributed by atoms with Crippen molar-refractivity contribution in [3.05, 3.63) is 23.2 Å². The Kier molecular flexibility index (Phi) is 5.89. The predicted molar refractivity (Wildman–Crippen MR) is 73.0 cm³/mol. The van der Waals surface area contributed by atoms with Crippen LogP contribution in [0.3, 0.4) is 0 Å². The van der Waals surface area contributed by atoms with Gasteiger partial charge in [0.2, 0.25) is 5.91 Å². The number of carbonyl (C=O) groups is 1. The third kappa shape index (κ3) is 4.56. The molecule has 5 heteroatoms. The van der Waals surface area contributed by atoms with Gasteiger partial charge in [0.25, 0.3) is 0 Å². The number of benzene rings is 1. The Labute approximate surface area is 112 Å². The average Bonchev–Trinajstić information content (AvgIpc) is 2.36. The number of methoxy groups -OCH3 is 1. The van der Waals surface area contributed by atoms with Gasteiger partial charge in [-0.2, -0.15) is 0 Å². The van der Waals surface area contributed by atoms with Gasteiger partial charge in [-0.25, -0.2) is 0 Å². The van der Waals surface area contributed by atoms with E-state index in [9.17, 15) is 4.79 Å². The first-order valence-corrected chi connectivity index (χ1v) is 5.82. The molecule has 96 valence electrons. The highest BCUT2D eigenvalue weighted by Gasteiger charge is 2.04. The van der Waals surface area contributed by atoms with Gasteiger partial charge < -0.3 is 15.4 Å². The van der Waals surface area contributed by atoms with Gasteiger partial charge in [-0.3, -0.25) is 4.79 Å². The molecule has 0 saturated heterocycles. The van der Waals surface area contributed by atoms with E-state index in [2.05, 4.69) is 16.6 Å². The van der Waals surface area contributed by atoms with E-state index in [1.165, 1.54) is 0 Å². The molecular formula is C13H15ClN2O2. The van der Waals surface area contributed by atoms with Crippen molar-refractivity contribution in [3.8, 4) is 18.1 Å². The van der Waals surface area contributed by atoms with Crippen LogP contribution in [0.1, 0.15) is 6.42 Å². The minimum Gasteiger partial charge on any atom is -0.495 e. The van der Waals surface area contributed by atoms with Gasteiger partial charge in [-0.15, -0.1) is 6.42 Å². The van der Waals surface area contributed by atoms with Crippen molar-refractivity contribution >= 4 is 23.2 Å². The van der Waals surface area contributed by atoms with Gasteiger partial charge in [0.05, 0.1) is 19.3 Å². The second kappa shape index (κ2) is 7.46. The average molecular weight is 267 g/mol. The van der Waals surface area contributed by atoms with Gasteiger partial charge >= 0.3 is 0 Å². The summed E-state index contributed by atoms with van der Waals surface area (Å²) in [4.78, 5) is 11.3. The van der Waals surface area contributed by atoms with Crippen LogP contribution in [-0.4, -0.2) is 26.1 Å². The Morgan fingerprint density at radius 1 is 1.56 bits per heavy atom. The van der Waals surface area contributed by atoms with Crippen LogP contribution in [-0.2, 0) is 4.79 Å². The van der Waals surface area contributed by atoms with Crippen molar-refractivity contribution < 1.29 is 9.53 Å². The first-order chi connectivity index (χ1) is 8.67. The number of rotatable bonds is 6. The number of hydrogen-bond donors (Lipinski definition) is 2. The first kappa shape index (κ1) is 14.2. The summed E-state index contributed by atoms with van der Waals surface area (Å²) in [5.41, 5.74) is 0.759.